The Morgan fingerprint density at radius 2 is 1.40 bits per heavy atom. The summed E-state index contributed by atoms with van der Waals surface area (Å²) >= 11 is 12.6. The van der Waals surface area contributed by atoms with Gasteiger partial charge < -0.3 is 15.5 Å². The molecule has 0 spiro atoms. The molecule has 1 aliphatic carbocycles. The van der Waals surface area contributed by atoms with Crippen LogP contribution in [-0.4, -0.2) is 48.8 Å². The summed E-state index contributed by atoms with van der Waals surface area (Å²) in [6.45, 7) is 8.21. The number of hydrogen-bond donors (Lipinski definition) is 2. The summed E-state index contributed by atoms with van der Waals surface area (Å²) in [5.41, 5.74) is 6.61. The van der Waals surface area contributed by atoms with E-state index < -0.39 is 0 Å². The number of nitrogens with zero attached hydrogens (tertiary/aromatic N) is 1. The molecule has 0 unspecified atom stereocenters. The molecule has 218 valence electrons. The number of hydrogen-bond acceptors (Lipinski definition) is 4. The zero-order valence-corrected chi connectivity index (χ0v) is 25.7. The van der Waals surface area contributed by atoms with Crippen molar-refractivity contribution in [2.24, 2.45) is 0 Å². The lowest BCUT2D eigenvalue weighted by Crippen LogP contribution is -2.39. The van der Waals surface area contributed by atoms with Gasteiger partial charge in [0.25, 0.3) is 5.91 Å². The SMILES string of the molecule is Cc1cc(Cl)cc(/C=C2\CC(NC(=O)c3ccc(NCCN4CCCC4)cc3)C/C(=C\c3cc(C)cc(Cl)c3)C2=O)c1. The topological polar surface area (TPSA) is 61.4 Å². The number of nitrogens with one attached hydrogen (secondary N) is 2. The molecule has 1 aliphatic heterocycles. The molecule has 0 bridgehead atoms. The maximum absolute atomic E-state index is 13.7. The maximum atomic E-state index is 13.7. The molecule has 5 rings (SSSR count). The number of amides is 1. The largest absolute Gasteiger partial charge is 0.384 e. The third kappa shape index (κ3) is 8.13. The fourth-order valence-corrected chi connectivity index (χ4v) is 6.41. The minimum absolute atomic E-state index is 0.0277. The number of aryl methyl sites for hydroxylation is 2. The molecule has 42 heavy (non-hydrogen) atoms. The van der Waals surface area contributed by atoms with E-state index >= 15 is 0 Å². The van der Waals surface area contributed by atoms with E-state index in [-0.39, 0.29) is 17.7 Å². The van der Waals surface area contributed by atoms with Crippen molar-refractivity contribution >= 4 is 52.7 Å². The van der Waals surface area contributed by atoms with E-state index in [0.29, 0.717) is 39.6 Å². The third-order valence-electron chi connectivity index (χ3n) is 7.76. The lowest BCUT2D eigenvalue weighted by atomic mass is 9.83. The van der Waals surface area contributed by atoms with Gasteiger partial charge in [-0.1, -0.05) is 35.3 Å². The minimum atomic E-state index is -0.244. The highest BCUT2D eigenvalue weighted by Crippen LogP contribution is 2.30. The number of carbonyl (C=O) groups excluding carboxylic acids is 2. The van der Waals surface area contributed by atoms with Crippen LogP contribution in [0.4, 0.5) is 5.69 Å². The molecule has 1 saturated heterocycles. The summed E-state index contributed by atoms with van der Waals surface area (Å²) in [6, 6.07) is 18.8. The van der Waals surface area contributed by atoms with Gasteiger partial charge in [0.15, 0.2) is 5.78 Å². The molecule has 2 fully saturated rings. The number of carbonyl (C=O) groups is 2. The van der Waals surface area contributed by atoms with Crippen LogP contribution >= 0.6 is 23.2 Å². The zero-order chi connectivity index (χ0) is 29.6. The summed E-state index contributed by atoms with van der Waals surface area (Å²) < 4.78 is 0. The Hall–Kier alpha value is -3.38. The maximum Gasteiger partial charge on any atom is 0.251 e. The van der Waals surface area contributed by atoms with Crippen LogP contribution in [0, 0.1) is 13.8 Å². The van der Waals surface area contributed by atoms with Crippen molar-refractivity contribution in [3.63, 3.8) is 0 Å². The highest BCUT2D eigenvalue weighted by molar-refractivity contribution is 6.31. The highest BCUT2D eigenvalue weighted by atomic mass is 35.5. The number of halogens is 2. The van der Waals surface area contributed by atoms with Crippen LogP contribution in [0.3, 0.4) is 0 Å². The van der Waals surface area contributed by atoms with Crippen molar-refractivity contribution in [1.29, 1.82) is 0 Å². The number of Topliss-reactive ketones (excluding diaryl/α,β-unsaturated/α-hetero) is 1. The Labute approximate surface area is 258 Å². The molecule has 1 amide bonds. The molecule has 1 heterocycles. The summed E-state index contributed by atoms with van der Waals surface area (Å²) in [6.07, 6.45) is 7.21. The van der Waals surface area contributed by atoms with E-state index in [1.807, 2.05) is 86.7 Å². The quantitative estimate of drug-likeness (QED) is 0.259. The van der Waals surface area contributed by atoms with Crippen molar-refractivity contribution in [3.8, 4) is 0 Å². The van der Waals surface area contributed by atoms with Gasteiger partial charge in [0.05, 0.1) is 0 Å². The molecular weight excluding hydrogens is 565 g/mol. The molecule has 1 saturated carbocycles. The molecule has 0 radical (unpaired) electrons. The average molecular weight is 603 g/mol. The Morgan fingerprint density at radius 3 is 1.93 bits per heavy atom. The average Bonchev–Trinajstić information content (AvgIpc) is 3.44. The fraction of sp³-hybridized carbons (Fsp3) is 0.314. The van der Waals surface area contributed by atoms with Crippen LogP contribution in [0.2, 0.25) is 10.0 Å². The van der Waals surface area contributed by atoms with Gasteiger partial charge in [-0.3, -0.25) is 9.59 Å². The number of ketones is 1. The minimum Gasteiger partial charge on any atom is -0.384 e. The highest BCUT2D eigenvalue weighted by Gasteiger charge is 2.29. The van der Waals surface area contributed by atoms with Crippen molar-refractivity contribution in [2.75, 3.05) is 31.5 Å². The molecular formula is C35H37Cl2N3O2. The van der Waals surface area contributed by atoms with Crippen LogP contribution in [0.25, 0.3) is 12.2 Å². The second-order valence-electron chi connectivity index (χ2n) is 11.4. The molecule has 2 aliphatic rings. The van der Waals surface area contributed by atoms with E-state index in [1.165, 1.54) is 25.9 Å². The number of benzene rings is 3. The predicted octanol–water partition coefficient (Wildman–Crippen LogP) is 7.75. The second kappa shape index (κ2) is 13.7. The number of anilines is 1. The van der Waals surface area contributed by atoms with Crippen molar-refractivity contribution in [3.05, 3.63) is 110 Å². The van der Waals surface area contributed by atoms with Gasteiger partial charge in [0.2, 0.25) is 0 Å². The normalized spacial score (nSPS) is 19.4. The first kappa shape index (κ1) is 30.1. The lowest BCUT2D eigenvalue weighted by Gasteiger charge is -2.27. The summed E-state index contributed by atoms with van der Waals surface area (Å²) in [4.78, 5) is 29.4. The first-order chi connectivity index (χ1) is 20.2. The van der Waals surface area contributed by atoms with Crippen molar-refractivity contribution in [1.82, 2.24) is 10.2 Å². The lowest BCUT2D eigenvalue weighted by molar-refractivity contribution is -0.113. The summed E-state index contributed by atoms with van der Waals surface area (Å²) in [7, 11) is 0. The van der Waals surface area contributed by atoms with Gasteiger partial charge in [-0.25, -0.2) is 0 Å². The van der Waals surface area contributed by atoms with Gasteiger partial charge in [-0.15, -0.1) is 0 Å². The van der Waals surface area contributed by atoms with Gasteiger partial charge in [-0.2, -0.15) is 0 Å². The molecule has 3 aromatic rings. The molecule has 2 N–H and O–H groups in total. The van der Waals surface area contributed by atoms with Crippen LogP contribution < -0.4 is 10.6 Å². The first-order valence-electron chi connectivity index (χ1n) is 14.6. The molecule has 5 nitrogen and oxygen atoms in total. The summed E-state index contributed by atoms with van der Waals surface area (Å²) in [5.74, 6) is -0.186. The van der Waals surface area contributed by atoms with Crippen LogP contribution in [-0.2, 0) is 4.79 Å². The smallest absolute Gasteiger partial charge is 0.251 e. The van der Waals surface area contributed by atoms with Crippen molar-refractivity contribution < 1.29 is 9.59 Å². The van der Waals surface area contributed by atoms with E-state index in [0.717, 1.165) is 41.0 Å². The Kier molecular flexibility index (Phi) is 9.84. The van der Waals surface area contributed by atoms with Gasteiger partial charge >= 0.3 is 0 Å². The van der Waals surface area contributed by atoms with Gasteiger partial charge in [0, 0.05) is 51.6 Å². The molecule has 0 atom stereocenters. The Morgan fingerprint density at radius 1 is 0.857 bits per heavy atom. The van der Waals surface area contributed by atoms with Crippen molar-refractivity contribution in [2.45, 2.75) is 45.6 Å². The van der Waals surface area contributed by atoms with Crippen LogP contribution in [0.1, 0.15) is 58.3 Å². The molecule has 0 aromatic heterocycles. The Bertz CT molecular complexity index is 1410. The fourth-order valence-electron chi connectivity index (χ4n) is 5.82. The Balaban J connectivity index is 1.33. The van der Waals surface area contributed by atoms with E-state index in [2.05, 4.69) is 15.5 Å². The number of rotatable bonds is 8. The van der Waals surface area contributed by atoms with E-state index in [1.54, 1.807) is 0 Å². The first-order valence-corrected chi connectivity index (χ1v) is 15.3. The standard InChI is InChI=1S/C35H37Cl2N3O2/c1-23-13-25(19-30(36)15-23)17-28-21-33(22-29(34(28)41)18-26-14-24(2)16-31(37)20-26)39-35(42)27-5-7-32(8-6-27)38-9-12-40-10-3-4-11-40/h5-8,13-20,33,38H,3-4,9-12,21-22H2,1-2H3,(H,39,42)/b28-17+,29-18+. The number of likely N-dealkylation sites (tertiary alicyclic amines) is 1. The second-order valence-corrected chi connectivity index (χ2v) is 12.3. The third-order valence-corrected chi connectivity index (χ3v) is 8.20. The monoisotopic (exact) mass is 601 g/mol. The van der Waals surface area contributed by atoms with Gasteiger partial charge in [-0.05, 0) is 136 Å². The van der Waals surface area contributed by atoms with Gasteiger partial charge in [0.1, 0.15) is 0 Å². The summed E-state index contributed by atoms with van der Waals surface area (Å²) in [5, 5.41) is 7.87. The molecule has 3 aromatic carbocycles. The molecule has 7 heteroatoms. The van der Waals surface area contributed by atoms with Crippen LogP contribution in [0.15, 0.2) is 71.8 Å². The van der Waals surface area contributed by atoms with E-state index in [9.17, 15) is 9.59 Å². The predicted molar refractivity (Wildman–Crippen MR) is 174 cm³/mol. The van der Waals surface area contributed by atoms with E-state index in [4.69, 9.17) is 23.2 Å². The van der Waals surface area contributed by atoms with Crippen LogP contribution in [0.5, 0.6) is 0 Å². The zero-order valence-electron chi connectivity index (χ0n) is 24.2.